The van der Waals surface area contributed by atoms with Gasteiger partial charge in [-0.25, -0.2) is 8.42 Å². The zero-order valence-electron chi connectivity index (χ0n) is 12.3. The average molecular weight is 297 g/mol. The normalized spacial score (nSPS) is 22.1. The number of aryl methyl sites for hydroxylation is 1. The summed E-state index contributed by atoms with van der Waals surface area (Å²) >= 11 is 0. The third-order valence-electron chi connectivity index (χ3n) is 3.95. The predicted molar refractivity (Wildman–Crippen MR) is 81.1 cm³/mol. The van der Waals surface area contributed by atoms with Gasteiger partial charge in [0.15, 0.2) is 0 Å². The minimum absolute atomic E-state index is 0.248. The lowest BCUT2D eigenvalue weighted by molar-refractivity contribution is 0.135. The number of nitrogens with zero attached hydrogens (tertiary/aromatic N) is 2. The monoisotopic (exact) mass is 297 g/mol. The van der Waals surface area contributed by atoms with Crippen LogP contribution in [0.5, 0.6) is 0 Å². The van der Waals surface area contributed by atoms with E-state index >= 15 is 0 Å². The standard InChI is InChI=1S/C14H23N3O2S/c1-4-16-7-8-17(10-12(16)3)20(18,19)14-6-5-13(15)9-11(14)2/h5-6,9,12H,4,7-8,10,15H2,1-3H3. The van der Waals surface area contributed by atoms with Crippen molar-refractivity contribution in [3.05, 3.63) is 23.8 Å². The Labute approximate surface area is 121 Å². The zero-order valence-corrected chi connectivity index (χ0v) is 13.2. The van der Waals surface area contributed by atoms with Crippen LogP contribution in [0.15, 0.2) is 23.1 Å². The number of hydrogen-bond donors (Lipinski definition) is 1. The van der Waals surface area contributed by atoms with Crippen LogP contribution in [0.3, 0.4) is 0 Å². The molecule has 1 aromatic carbocycles. The van der Waals surface area contributed by atoms with E-state index in [0.29, 0.717) is 29.2 Å². The molecule has 1 fully saturated rings. The molecule has 1 saturated heterocycles. The number of sulfonamides is 1. The molecule has 0 aromatic heterocycles. The smallest absolute Gasteiger partial charge is 0.243 e. The Kier molecular flexibility index (Phi) is 4.36. The van der Waals surface area contributed by atoms with E-state index in [1.54, 1.807) is 29.4 Å². The molecule has 0 aliphatic carbocycles. The number of benzene rings is 1. The molecule has 0 saturated carbocycles. The van der Waals surface area contributed by atoms with Gasteiger partial charge in [-0.05, 0) is 44.2 Å². The largest absolute Gasteiger partial charge is 0.399 e. The maximum Gasteiger partial charge on any atom is 0.243 e. The van der Waals surface area contributed by atoms with Crippen molar-refractivity contribution in [2.75, 3.05) is 31.9 Å². The molecule has 0 radical (unpaired) electrons. The highest BCUT2D eigenvalue weighted by atomic mass is 32.2. The third-order valence-corrected chi connectivity index (χ3v) is 5.98. The van der Waals surface area contributed by atoms with Gasteiger partial charge < -0.3 is 5.73 Å². The Morgan fingerprint density at radius 2 is 2.05 bits per heavy atom. The Morgan fingerprint density at radius 3 is 2.60 bits per heavy atom. The van der Waals surface area contributed by atoms with Gasteiger partial charge in [0.25, 0.3) is 0 Å². The van der Waals surface area contributed by atoms with Gasteiger partial charge in [0.1, 0.15) is 0 Å². The highest BCUT2D eigenvalue weighted by Gasteiger charge is 2.32. The van der Waals surface area contributed by atoms with Crippen LogP contribution in [0.1, 0.15) is 19.4 Å². The molecule has 2 rings (SSSR count). The van der Waals surface area contributed by atoms with E-state index in [2.05, 4.69) is 18.7 Å². The molecule has 2 N–H and O–H groups in total. The van der Waals surface area contributed by atoms with Crippen LogP contribution >= 0.6 is 0 Å². The molecule has 1 aromatic rings. The fourth-order valence-corrected chi connectivity index (χ4v) is 4.47. The molecule has 1 aliphatic heterocycles. The summed E-state index contributed by atoms with van der Waals surface area (Å²) in [7, 11) is -3.42. The van der Waals surface area contributed by atoms with Crippen molar-refractivity contribution in [3.63, 3.8) is 0 Å². The van der Waals surface area contributed by atoms with Gasteiger partial charge in [-0.3, -0.25) is 4.90 Å². The fourth-order valence-electron chi connectivity index (χ4n) is 2.75. The summed E-state index contributed by atoms with van der Waals surface area (Å²) in [6.07, 6.45) is 0. The van der Waals surface area contributed by atoms with Crippen LogP contribution in [0, 0.1) is 6.92 Å². The van der Waals surface area contributed by atoms with Crippen LogP contribution < -0.4 is 5.73 Å². The van der Waals surface area contributed by atoms with Crippen molar-refractivity contribution < 1.29 is 8.42 Å². The second kappa shape index (κ2) is 5.71. The van der Waals surface area contributed by atoms with Gasteiger partial charge in [0.05, 0.1) is 4.90 Å². The molecule has 0 spiro atoms. The number of anilines is 1. The maximum absolute atomic E-state index is 12.7. The summed E-state index contributed by atoms with van der Waals surface area (Å²) in [6.45, 7) is 8.78. The van der Waals surface area contributed by atoms with Gasteiger partial charge in [-0.15, -0.1) is 0 Å². The van der Waals surface area contributed by atoms with Crippen LogP contribution in [-0.2, 0) is 10.0 Å². The molecule has 112 valence electrons. The number of nitrogen functional groups attached to an aromatic ring is 1. The first-order valence-corrected chi connectivity index (χ1v) is 8.40. The van der Waals surface area contributed by atoms with Crippen LogP contribution in [0.2, 0.25) is 0 Å². The molecule has 1 heterocycles. The summed E-state index contributed by atoms with van der Waals surface area (Å²) in [5.41, 5.74) is 6.99. The van der Waals surface area contributed by atoms with Crippen molar-refractivity contribution in [2.45, 2.75) is 31.7 Å². The molecule has 20 heavy (non-hydrogen) atoms. The molecule has 5 nitrogen and oxygen atoms in total. The van der Waals surface area contributed by atoms with Gasteiger partial charge in [-0.2, -0.15) is 4.31 Å². The Bertz CT molecular complexity index is 586. The first-order valence-electron chi connectivity index (χ1n) is 6.96. The molecule has 1 aliphatic rings. The predicted octanol–water partition coefficient (Wildman–Crippen LogP) is 1.29. The van der Waals surface area contributed by atoms with Crippen molar-refractivity contribution in [1.82, 2.24) is 9.21 Å². The first kappa shape index (κ1) is 15.3. The summed E-state index contributed by atoms with van der Waals surface area (Å²) < 4.78 is 27.0. The van der Waals surface area contributed by atoms with E-state index in [-0.39, 0.29) is 6.04 Å². The minimum Gasteiger partial charge on any atom is -0.399 e. The lowest BCUT2D eigenvalue weighted by Gasteiger charge is -2.38. The number of piperazine rings is 1. The van der Waals surface area contributed by atoms with E-state index < -0.39 is 10.0 Å². The van der Waals surface area contributed by atoms with Gasteiger partial charge in [0, 0.05) is 31.4 Å². The second-order valence-electron chi connectivity index (χ2n) is 5.37. The first-order chi connectivity index (χ1) is 9.36. The molecule has 1 unspecified atom stereocenters. The van der Waals surface area contributed by atoms with Crippen molar-refractivity contribution in [3.8, 4) is 0 Å². The molecule has 6 heteroatoms. The highest BCUT2D eigenvalue weighted by Crippen LogP contribution is 2.24. The molecular formula is C14H23N3O2S. The minimum atomic E-state index is -3.42. The Morgan fingerprint density at radius 1 is 1.35 bits per heavy atom. The lowest BCUT2D eigenvalue weighted by atomic mass is 10.2. The number of hydrogen-bond acceptors (Lipinski definition) is 4. The van der Waals surface area contributed by atoms with Crippen LogP contribution in [0.4, 0.5) is 5.69 Å². The second-order valence-corrected chi connectivity index (χ2v) is 7.27. The number of likely N-dealkylation sites (N-methyl/N-ethyl adjacent to an activating group) is 1. The van der Waals surface area contributed by atoms with E-state index in [0.717, 1.165) is 13.1 Å². The summed E-state index contributed by atoms with van der Waals surface area (Å²) in [5, 5.41) is 0. The van der Waals surface area contributed by atoms with E-state index in [9.17, 15) is 8.42 Å². The molecular weight excluding hydrogens is 274 g/mol. The van der Waals surface area contributed by atoms with Crippen molar-refractivity contribution >= 4 is 15.7 Å². The summed E-state index contributed by atoms with van der Waals surface area (Å²) in [4.78, 5) is 2.66. The zero-order chi connectivity index (χ0) is 14.9. The third kappa shape index (κ3) is 2.82. The Hall–Kier alpha value is -1.11. The highest BCUT2D eigenvalue weighted by molar-refractivity contribution is 7.89. The van der Waals surface area contributed by atoms with Crippen LogP contribution in [-0.4, -0.2) is 49.8 Å². The van der Waals surface area contributed by atoms with E-state index in [1.165, 1.54) is 0 Å². The SMILES string of the molecule is CCN1CCN(S(=O)(=O)c2ccc(N)cc2C)CC1C. The van der Waals surface area contributed by atoms with Gasteiger partial charge in [0.2, 0.25) is 10.0 Å². The molecule has 0 amide bonds. The quantitative estimate of drug-likeness (QED) is 0.854. The average Bonchev–Trinajstić information content (AvgIpc) is 2.38. The van der Waals surface area contributed by atoms with Gasteiger partial charge >= 0.3 is 0 Å². The van der Waals surface area contributed by atoms with Gasteiger partial charge in [-0.1, -0.05) is 6.92 Å². The summed E-state index contributed by atoms with van der Waals surface area (Å²) in [5.74, 6) is 0. The molecule has 0 bridgehead atoms. The number of rotatable bonds is 3. The lowest BCUT2D eigenvalue weighted by Crippen LogP contribution is -2.53. The van der Waals surface area contributed by atoms with E-state index in [1.807, 2.05) is 0 Å². The van der Waals surface area contributed by atoms with Crippen molar-refractivity contribution in [1.29, 1.82) is 0 Å². The fraction of sp³-hybridized carbons (Fsp3) is 0.571. The summed E-state index contributed by atoms with van der Waals surface area (Å²) in [6, 6.07) is 5.21. The maximum atomic E-state index is 12.7. The van der Waals surface area contributed by atoms with E-state index in [4.69, 9.17) is 5.73 Å². The Balaban J connectivity index is 2.27. The van der Waals surface area contributed by atoms with Crippen molar-refractivity contribution in [2.24, 2.45) is 0 Å². The van der Waals surface area contributed by atoms with Crippen LogP contribution in [0.25, 0.3) is 0 Å². The topological polar surface area (TPSA) is 66.6 Å². The molecule has 1 atom stereocenters. The number of nitrogens with two attached hydrogens (primary N) is 1.